The van der Waals surface area contributed by atoms with E-state index in [0.717, 1.165) is 41.4 Å². The predicted octanol–water partition coefficient (Wildman–Crippen LogP) is 2.72. The summed E-state index contributed by atoms with van der Waals surface area (Å²) < 4.78 is 7.68. The van der Waals surface area contributed by atoms with Gasteiger partial charge in [0.25, 0.3) is 0 Å². The van der Waals surface area contributed by atoms with Gasteiger partial charge in [0.05, 0.1) is 12.8 Å². The summed E-state index contributed by atoms with van der Waals surface area (Å²) in [6.45, 7) is 1.10. The first-order valence-electron chi connectivity index (χ1n) is 8.06. The molecule has 0 amide bonds. The Morgan fingerprint density at radius 2 is 2.17 bits per heavy atom. The topological polar surface area (TPSA) is 52.0 Å². The first-order valence-corrected chi connectivity index (χ1v) is 8.06. The zero-order valence-corrected chi connectivity index (χ0v) is 13.2. The maximum atomic E-state index is 5.55. The van der Waals surface area contributed by atoms with Crippen molar-refractivity contribution in [1.29, 1.82) is 0 Å². The molecule has 2 aromatic heterocycles. The van der Waals surface area contributed by atoms with Crippen molar-refractivity contribution in [3.8, 4) is 11.4 Å². The van der Waals surface area contributed by atoms with Gasteiger partial charge in [-0.15, -0.1) is 0 Å². The van der Waals surface area contributed by atoms with E-state index in [-0.39, 0.29) is 0 Å². The third kappa shape index (κ3) is 2.57. The van der Waals surface area contributed by atoms with Crippen LogP contribution in [0.3, 0.4) is 0 Å². The smallest absolute Gasteiger partial charge is 0.164 e. The fourth-order valence-electron chi connectivity index (χ4n) is 3.32. The second-order valence-electron chi connectivity index (χ2n) is 5.88. The molecule has 1 saturated heterocycles. The Labute approximate surface area is 135 Å². The Hall–Kier alpha value is -2.40. The normalized spacial score (nSPS) is 17.7. The Balaban J connectivity index is 1.88. The summed E-state index contributed by atoms with van der Waals surface area (Å²) in [6.07, 6.45) is 5.14. The largest absolute Gasteiger partial charge is 0.495 e. The predicted molar refractivity (Wildman–Crippen MR) is 90.1 cm³/mol. The second kappa shape index (κ2) is 6.01. The van der Waals surface area contributed by atoms with Gasteiger partial charge < -0.3 is 10.1 Å². The highest BCUT2D eigenvalue weighted by atomic mass is 16.5. The molecule has 23 heavy (non-hydrogen) atoms. The summed E-state index contributed by atoms with van der Waals surface area (Å²) >= 11 is 0. The molecule has 0 bridgehead atoms. The van der Waals surface area contributed by atoms with Crippen LogP contribution in [-0.2, 0) is 6.42 Å². The van der Waals surface area contributed by atoms with Crippen LogP contribution in [0.5, 0.6) is 5.75 Å². The minimum absolute atomic E-state index is 0.486. The summed E-state index contributed by atoms with van der Waals surface area (Å²) in [4.78, 5) is 9.39. The minimum atomic E-state index is 0.486. The molecule has 1 aliphatic rings. The third-order valence-electron chi connectivity index (χ3n) is 4.40. The lowest BCUT2D eigenvalue weighted by molar-refractivity contribution is 0.412. The number of rotatable bonds is 4. The van der Waals surface area contributed by atoms with E-state index in [4.69, 9.17) is 9.72 Å². The highest BCUT2D eigenvalue weighted by molar-refractivity contribution is 5.74. The number of hydrogen-bond acceptors (Lipinski definition) is 4. The van der Waals surface area contributed by atoms with Gasteiger partial charge in [-0.05, 0) is 43.7 Å². The molecule has 0 aliphatic carbocycles. The van der Waals surface area contributed by atoms with E-state index in [1.807, 2.05) is 36.5 Å². The summed E-state index contributed by atoms with van der Waals surface area (Å²) in [6, 6.07) is 12.5. The van der Waals surface area contributed by atoms with Crippen LogP contribution in [0.4, 0.5) is 0 Å². The van der Waals surface area contributed by atoms with Crippen LogP contribution < -0.4 is 10.1 Å². The minimum Gasteiger partial charge on any atom is -0.495 e. The van der Waals surface area contributed by atoms with Gasteiger partial charge in [0.15, 0.2) is 5.65 Å². The fraction of sp³-hybridized carbons (Fsp3) is 0.333. The number of methoxy groups -OCH3 is 1. The standard InChI is InChI=1S/C18H20N4O/c1-23-16-9-3-2-8-15(16)22-17(12-13-6-4-10-19-13)21-14-7-5-11-20-18(14)22/h2-3,5,7-9,11,13,19H,4,6,10,12H2,1H3. The number of pyridine rings is 1. The summed E-state index contributed by atoms with van der Waals surface area (Å²) in [5.41, 5.74) is 2.79. The molecule has 0 saturated carbocycles. The number of nitrogens with one attached hydrogen (secondary N) is 1. The second-order valence-corrected chi connectivity index (χ2v) is 5.88. The summed E-state index contributed by atoms with van der Waals surface area (Å²) in [5, 5.41) is 3.55. The molecule has 5 nitrogen and oxygen atoms in total. The van der Waals surface area contributed by atoms with E-state index in [2.05, 4.69) is 20.9 Å². The summed E-state index contributed by atoms with van der Waals surface area (Å²) in [5.74, 6) is 1.86. The number of fused-ring (bicyclic) bond motifs is 1. The van der Waals surface area contributed by atoms with Crippen LogP contribution in [0.1, 0.15) is 18.7 Å². The zero-order chi connectivity index (χ0) is 15.6. The van der Waals surface area contributed by atoms with Crippen molar-refractivity contribution in [1.82, 2.24) is 19.9 Å². The molecule has 1 aliphatic heterocycles. The molecule has 1 N–H and O–H groups in total. The van der Waals surface area contributed by atoms with Crippen molar-refractivity contribution in [2.24, 2.45) is 0 Å². The van der Waals surface area contributed by atoms with Gasteiger partial charge >= 0.3 is 0 Å². The quantitative estimate of drug-likeness (QED) is 0.805. The SMILES string of the molecule is COc1ccccc1-n1c(CC2CCCN2)nc2cccnc21. The lowest BCUT2D eigenvalue weighted by Gasteiger charge is -2.15. The first kappa shape index (κ1) is 14.2. The van der Waals surface area contributed by atoms with Crippen molar-refractivity contribution in [3.63, 3.8) is 0 Å². The Bertz CT molecular complexity index is 821. The molecule has 3 heterocycles. The molecule has 0 radical (unpaired) electrons. The number of hydrogen-bond donors (Lipinski definition) is 1. The number of para-hydroxylation sites is 2. The number of benzene rings is 1. The molecule has 4 rings (SSSR count). The van der Waals surface area contributed by atoms with Crippen molar-refractivity contribution < 1.29 is 4.74 Å². The van der Waals surface area contributed by atoms with Crippen molar-refractivity contribution in [3.05, 3.63) is 48.4 Å². The van der Waals surface area contributed by atoms with Gasteiger partial charge in [0, 0.05) is 18.7 Å². The van der Waals surface area contributed by atoms with Gasteiger partial charge in [-0.25, -0.2) is 9.97 Å². The molecule has 1 unspecified atom stereocenters. The van der Waals surface area contributed by atoms with Crippen LogP contribution >= 0.6 is 0 Å². The molecule has 118 valence electrons. The number of imidazole rings is 1. The van der Waals surface area contributed by atoms with E-state index in [1.165, 1.54) is 12.8 Å². The van der Waals surface area contributed by atoms with Crippen LogP contribution in [0.15, 0.2) is 42.6 Å². The van der Waals surface area contributed by atoms with Crippen molar-refractivity contribution in [2.45, 2.75) is 25.3 Å². The molecular formula is C18H20N4O. The monoisotopic (exact) mass is 308 g/mol. The lowest BCUT2D eigenvalue weighted by atomic mass is 10.1. The maximum absolute atomic E-state index is 5.55. The molecule has 3 aromatic rings. The van der Waals surface area contributed by atoms with E-state index < -0.39 is 0 Å². The molecule has 1 atom stereocenters. The lowest BCUT2D eigenvalue weighted by Crippen LogP contribution is -2.25. The highest BCUT2D eigenvalue weighted by Gasteiger charge is 2.21. The van der Waals surface area contributed by atoms with Gasteiger partial charge in [-0.3, -0.25) is 4.57 Å². The maximum Gasteiger partial charge on any atom is 0.164 e. The van der Waals surface area contributed by atoms with Crippen molar-refractivity contribution >= 4 is 11.2 Å². The molecule has 5 heteroatoms. The van der Waals surface area contributed by atoms with Gasteiger partial charge in [0.2, 0.25) is 0 Å². The van der Waals surface area contributed by atoms with Crippen LogP contribution in [0, 0.1) is 0 Å². The first-order chi connectivity index (χ1) is 11.4. The average molecular weight is 308 g/mol. The average Bonchev–Trinajstić information content (AvgIpc) is 3.22. The van der Waals surface area contributed by atoms with E-state index >= 15 is 0 Å². The number of nitrogens with zero attached hydrogens (tertiary/aromatic N) is 3. The van der Waals surface area contributed by atoms with E-state index in [0.29, 0.717) is 6.04 Å². The fourth-order valence-corrected chi connectivity index (χ4v) is 3.32. The molecule has 0 spiro atoms. The van der Waals surface area contributed by atoms with Crippen LogP contribution in [0.2, 0.25) is 0 Å². The number of ether oxygens (including phenoxy) is 1. The van der Waals surface area contributed by atoms with Crippen LogP contribution in [-0.4, -0.2) is 34.2 Å². The molecule has 1 aromatic carbocycles. The van der Waals surface area contributed by atoms with Gasteiger partial charge in [0.1, 0.15) is 17.1 Å². The Kier molecular flexibility index (Phi) is 3.71. The molecular weight excluding hydrogens is 288 g/mol. The van der Waals surface area contributed by atoms with Gasteiger partial charge in [-0.2, -0.15) is 0 Å². The highest BCUT2D eigenvalue weighted by Crippen LogP contribution is 2.28. The third-order valence-corrected chi connectivity index (χ3v) is 4.40. The van der Waals surface area contributed by atoms with Crippen molar-refractivity contribution in [2.75, 3.05) is 13.7 Å². The molecule has 1 fully saturated rings. The van der Waals surface area contributed by atoms with Gasteiger partial charge in [-0.1, -0.05) is 12.1 Å². The van der Waals surface area contributed by atoms with E-state index in [1.54, 1.807) is 7.11 Å². The number of aromatic nitrogens is 3. The Morgan fingerprint density at radius 3 is 3.00 bits per heavy atom. The Morgan fingerprint density at radius 1 is 1.26 bits per heavy atom. The van der Waals surface area contributed by atoms with Crippen LogP contribution in [0.25, 0.3) is 16.9 Å². The summed E-state index contributed by atoms with van der Waals surface area (Å²) in [7, 11) is 1.70. The van der Waals surface area contributed by atoms with E-state index in [9.17, 15) is 0 Å². The zero-order valence-electron chi connectivity index (χ0n) is 13.2.